The molecule has 0 N–H and O–H groups in total. The molecule has 7 heavy (non-hydrogen) atoms. The minimum absolute atomic E-state index is 0. The second kappa shape index (κ2) is 5.89. The maximum absolute atomic E-state index is 10.1. The van der Waals surface area contributed by atoms with Crippen molar-refractivity contribution in [2.45, 2.75) is 26.4 Å². The predicted octanol–water partition coefficient (Wildman–Crippen LogP) is -3.77. The van der Waals surface area contributed by atoms with Crippen LogP contribution < -0.4 is 56.5 Å². The predicted molar refractivity (Wildman–Crippen MR) is 28.3 cm³/mol. The van der Waals surface area contributed by atoms with E-state index in [0.717, 1.165) is 0 Å². The Hall–Kier alpha value is 1.77. The van der Waals surface area contributed by atoms with Gasteiger partial charge in [-0.05, 0) is 0 Å². The van der Waals surface area contributed by atoms with Crippen LogP contribution in [0.5, 0.6) is 0 Å². The molecular weight excluding hydrogens is 112 g/mol. The van der Waals surface area contributed by atoms with Crippen LogP contribution in [-0.4, -0.2) is 15.7 Å². The van der Waals surface area contributed by atoms with E-state index in [9.17, 15) is 5.11 Å². The molecule has 0 aliphatic carbocycles. The molecule has 3 heteroatoms. The average Bonchev–Trinajstić information content (AvgIpc) is 0.722. The van der Waals surface area contributed by atoms with Gasteiger partial charge in [-0.15, -0.1) is 5.60 Å². The van der Waals surface area contributed by atoms with Gasteiger partial charge in [-0.25, -0.2) is 0 Å². The fourth-order valence-electron chi connectivity index (χ4n) is 0. The van der Waals surface area contributed by atoms with E-state index < -0.39 is 5.60 Å². The summed E-state index contributed by atoms with van der Waals surface area (Å²) >= 11 is 0. The van der Waals surface area contributed by atoms with Crippen molar-refractivity contribution in [3.05, 3.63) is 0 Å². The Labute approximate surface area is 91.5 Å². The Balaban J connectivity index is -0.0000000800. The molecule has 0 aliphatic rings. The van der Waals surface area contributed by atoms with Gasteiger partial charge >= 0.3 is 61.5 Å². The van der Waals surface area contributed by atoms with Crippen LogP contribution in [0.15, 0.2) is 0 Å². The van der Waals surface area contributed by atoms with Crippen molar-refractivity contribution >= 4 is 10.1 Å². The first kappa shape index (κ1) is 15.9. The van der Waals surface area contributed by atoms with E-state index in [-0.39, 0.29) is 61.5 Å². The third kappa shape index (κ3) is 82.8. The van der Waals surface area contributed by atoms with E-state index in [0.29, 0.717) is 0 Å². The first-order chi connectivity index (χ1) is 2.00. The first-order valence-electron chi connectivity index (χ1n) is 1.70. The quantitative estimate of drug-likeness (QED) is 0.303. The maximum atomic E-state index is 10.1. The van der Waals surface area contributed by atoms with Crippen molar-refractivity contribution in [2.24, 2.45) is 0 Å². The van der Waals surface area contributed by atoms with Gasteiger partial charge in [-0.2, -0.15) is 0 Å². The van der Waals surface area contributed by atoms with E-state index >= 15 is 0 Å². The molecule has 0 rings (SSSR count). The number of hydrogen-bond acceptors (Lipinski definition) is 1. The largest absolute Gasteiger partial charge is 1.00 e. The van der Waals surface area contributed by atoms with Crippen LogP contribution in [-0.2, 0) is 0 Å². The van der Waals surface area contributed by atoms with Crippen LogP contribution in [0.1, 0.15) is 20.8 Å². The molecule has 36 valence electrons. The minimum atomic E-state index is -0.750. The molecule has 0 radical (unpaired) electrons. The second-order valence-electron chi connectivity index (χ2n) is 2.11. The van der Waals surface area contributed by atoms with Crippen molar-refractivity contribution in [2.75, 3.05) is 0 Å². The van der Waals surface area contributed by atoms with E-state index in [2.05, 4.69) is 0 Å². The summed E-state index contributed by atoms with van der Waals surface area (Å²) in [6.45, 7) is 4.90. The molecule has 0 aliphatic heterocycles. The normalized spacial score (nSPS) is 8.57. The zero-order valence-electron chi connectivity index (χ0n) is 4.91. The Kier molecular flexibility index (Phi) is 13.4. The van der Waals surface area contributed by atoms with Crippen LogP contribution >= 0.6 is 0 Å². The monoisotopic (exact) mass is 123 g/mol. The maximum Gasteiger partial charge on any atom is 1.00 e. The van der Waals surface area contributed by atoms with Gasteiger partial charge in [0, 0.05) is 0 Å². The van der Waals surface area contributed by atoms with Crippen LogP contribution in [0.2, 0.25) is 0 Å². The summed E-state index contributed by atoms with van der Waals surface area (Å²) in [7, 11) is 0. The molecule has 0 atom stereocenters. The molecule has 0 bridgehead atoms. The molecule has 0 spiro atoms. The van der Waals surface area contributed by atoms with Gasteiger partial charge in [0.2, 0.25) is 0 Å². The topological polar surface area (TPSA) is 23.1 Å². The summed E-state index contributed by atoms with van der Waals surface area (Å²) in [5.41, 5.74) is -0.750. The third-order valence-corrected chi connectivity index (χ3v) is 0. The average molecular weight is 123 g/mol. The summed E-state index contributed by atoms with van der Waals surface area (Å²) < 4.78 is 0. The zero-order chi connectivity index (χ0) is 4.50. The standard InChI is InChI=1S/C4H9O.Be.K.2H/c1-4(2,3)5;;;;/h1-3H3;;;;/q-1;;+1;;. The Morgan fingerprint density at radius 3 is 1.14 bits per heavy atom. The molecular formula is C4H11BeKO. The molecule has 0 aromatic heterocycles. The summed E-state index contributed by atoms with van der Waals surface area (Å²) in [4.78, 5) is 0. The van der Waals surface area contributed by atoms with Crippen molar-refractivity contribution in [3.63, 3.8) is 0 Å². The van der Waals surface area contributed by atoms with Gasteiger partial charge in [0.15, 0.2) is 0 Å². The minimum Gasteiger partial charge on any atom is 1.00 e. The molecule has 0 unspecified atom stereocenters. The van der Waals surface area contributed by atoms with E-state index in [1.165, 1.54) is 0 Å². The Morgan fingerprint density at radius 1 is 1.14 bits per heavy atom. The van der Waals surface area contributed by atoms with Crippen LogP contribution in [0.3, 0.4) is 0 Å². The van der Waals surface area contributed by atoms with Crippen LogP contribution in [0.25, 0.3) is 0 Å². The second-order valence-corrected chi connectivity index (χ2v) is 2.11. The molecule has 0 aromatic carbocycles. The van der Waals surface area contributed by atoms with Crippen molar-refractivity contribution < 1.29 is 56.5 Å². The van der Waals surface area contributed by atoms with Gasteiger partial charge in [-0.1, -0.05) is 20.8 Å². The molecule has 0 amide bonds. The summed E-state index contributed by atoms with van der Waals surface area (Å²) in [5.74, 6) is 0. The number of rotatable bonds is 0. The van der Waals surface area contributed by atoms with Crippen molar-refractivity contribution in [3.8, 4) is 0 Å². The molecule has 1 nitrogen and oxygen atoms in total. The summed E-state index contributed by atoms with van der Waals surface area (Å²) in [6, 6.07) is 0. The van der Waals surface area contributed by atoms with Gasteiger partial charge < -0.3 is 5.11 Å². The molecule has 0 saturated heterocycles. The fourth-order valence-corrected chi connectivity index (χ4v) is 0. The van der Waals surface area contributed by atoms with Gasteiger partial charge in [0.05, 0.1) is 0 Å². The molecule has 0 saturated carbocycles. The van der Waals surface area contributed by atoms with Crippen LogP contribution in [0.4, 0.5) is 0 Å². The molecule has 0 heterocycles. The third-order valence-electron chi connectivity index (χ3n) is 0. The molecule has 0 aromatic rings. The van der Waals surface area contributed by atoms with Gasteiger partial charge in [-0.3, -0.25) is 0 Å². The van der Waals surface area contributed by atoms with E-state index in [1.807, 2.05) is 0 Å². The fraction of sp³-hybridized carbons (Fsp3) is 1.00. The number of hydrogen-bond donors (Lipinski definition) is 0. The van der Waals surface area contributed by atoms with Crippen molar-refractivity contribution in [1.82, 2.24) is 0 Å². The van der Waals surface area contributed by atoms with Crippen molar-refractivity contribution in [1.29, 1.82) is 0 Å². The molecule has 0 fully saturated rings. The van der Waals surface area contributed by atoms with E-state index in [1.54, 1.807) is 20.8 Å². The Bertz CT molecular complexity index is 27.2. The van der Waals surface area contributed by atoms with Gasteiger partial charge in [0.25, 0.3) is 0 Å². The SMILES string of the molecule is CC(C)(C)[O-].[BeH2].[K+]. The first-order valence-corrected chi connectivity index (χ1v) is 1.70. The zero-order valence-corrected chi connectivity index (χ0v) is 8.03. The summed E-state index contributed by atoms with van der Waals surface area (Å²) in [6.07, 6.45) is 0. The van der Waals surface area contributed by atoms with E-state index in [4.69, 9.17) is 0 Å². The van der Waals surface area contributed by atoms with Gasteiger partial charge in [0.1, 0.15) is 0 Å². The van der Waals surface area contributed by atoms with Crippen LogP contribution in [0, 0.1) is 0 Å². The Morgan fingerprint density at radius 2 is 1.14 bits per heavy atom. The smallest absolute Gasteiger partial charge is 1.00 e. The summed E-state index contributed by atoms with van der Waals surface area (Å²) in [5, 5.41) is 10.1.